The molecule has 8 heavy (non-hydrogen) atoms. The maximum atomic E-state index is 9.56. The number of carboxylic acids is 1. The van der Waals surface area contributed by atoms with Gasteiger partial charge in [-0.15, -0.1) is 0 Å². The zero-order valence-electron chi connectivity index (χ0n) is 3.66. The van der Waals surface area contributed by atoms with Crippen LogP contribution in [0.2, 0.25) is 0 Å². The van der Waals surface area contributed by atoms with E-state index >= 15 is 0 Å². The Balaban J connectivity index is 0. The summed E-state index contributed by atoms with van der Waals surface area (Å²) >= 11 is 0. The van der Waals surface area contributed by atoms with E-state index in [1.807, 2.05) is 0 Å². The third-order valence-electron chi connectivity index (χ3n) is 0.366. The quantitative estimate of drug-likeness (QED) is 0.353. The first-order valence-electron chi connectivity index (χ1n) is 1.77. The average molecular weight is 110 g/mol. The minimum atomic E-state index is -1.03. The Morgan fingerprint density at radius 2 is 2.12 bits per heavy atom. The Bertz CT molecular complexity index is 89.3. The van der Waals surface area contributed by atoms with Crippen molar-refractivity contribution in [1.82, 2.24) is 0 Å². The summed E-state index contributed by atoms with van der Waals surface area (Å²) in [5, 5.41) is 15.8. The van der Waals surface area contributed by atoms with Gasteiger partial charge in [0.05, 0.1) is 6.61 Å². The molecule has 0 aromatic heterocycles. The van der Waals surface area contributed by atoms with E-state index in [1.54, 1.807) is 0 Å². The summed E-state index contributed by atoms with van der Waals surface area (Å²) in [7, 11) is 0. The van der Waals surface area contributed by atoms with E-state index in [2.05, 4.69) is 0 Å². The molecular formula is C4H7LiO3. The Labute approximate surface area is 59.2 Å². The zero-order valence-corrected chi connectivity index (χ0v) is 3.66. The monoisotopic (exact) mass is 110 g/mol. The Kier molecular flexibility index (Phi) is 9.05. The van der Waals surface area contributed by atoms with Crippen molar-refractivity contribution in [3.63, 3.8) is 0 Å². The van der Waals surface area contributed by atoms with Crippen molar-refractivity contribution in [2.75, 3.05) is 6.61 Å². The van der Waals surface area contributed by atoms with Gasteiger partial charge in [0.1, 0.15) is 0 Å². The molecule has 0 unspecified atom stereocenters. The van der Waals surface area contributed by atoms with Gasteiger partial charge in [-0.3, -0.25) is 0 Å². The summed E-state index contributed by atoms with van der Waals surface area (Å²) in [6.45, 7) is -0.216. The molecule has 0 atom stereocenters. The van der Waals surface area contributed by atoms with Gasteiger partial charge in [-0.1, -0.05) is 6.08 Å². The third kappa shape index (κ3) is 9.24. The van der Waals surface area contributed by atoms with Crippen LogP contribution in [0.15, 0.2) is 12.2 Å². The van der Waals surface area contributed by atoms with Gasteiger partial charge >= 0.3 is 24.8 Å². The molecule has 0 saturated carbocycles. The molecule has 0 saturated heterocycles. The van der Waals surface area contributed by atoms with Gasteiger partial charge in [0, 0.05) is 6.08 Å². The zero-order chi connectivity index (χ0) is 5.70. The molecule has 42 valence electrons. The molecule has 0 bridgehead atoms. The van der Waals surface area contributed by atoms with Gasteiger partial charge in [-0.2, -0.15) is 0 Å². The third-order valence-corrected chi connectivity index (χ3v) is 0.366. The topological polar surface area (TPSA) is 57.5 Å². The molecule has 0 radical (unpaired) electrons. The summed E-state index contributed by atoms with van der Waals surface area (Å²) in [5.41, 5.74) is 0. The molecule has 0 amide bonds. The molecular weight excluding hydrogens is 103 g/mol. The first-order valence-corrected chi connectivity index (χ1v) is 1.77. The van der Waals surface area contributed by atoms with Crippen LogP contribution < -0.4 is 0 Å². The second kappa shape index (κ2) is 6.77. The fourth-order valence-electron chi connectivity index (χ4n) is 0.154. The molecule has 0 aliphatic rings. The van der Waals surface area contributed by atoms with Crippen LogP contribution in [-0.4, -0.2) is 41.6 Å². The van der Waals surface area contributed by atoms with Crippen molar-refractivity contribution >= 4 is 24.8 Å². The number of aliphatic hydroxyl groups excluding tert-OH is 1. The van der Waals surface area contributed by atoms with Crippen molar-refractivity contribution in [3.8, 4) is 0 Å². The molecule has 2 N–H and O–H groups in total. The molecule has 0 spiro atoms. The van der Waals surface area contributed by atoms with Gasteiger partial charge in [-0.05, 0) is 0 Å². The maximum absolute atomic E-state index is 9.56. The van der Waals surface area contributed by atoms with Crippen LogP contribution in [0.3, 0.4) is 0 Å². The fraction of sp³-hybridized carbons (Fsp3) is 0.250. The van der Waals surface area contributed by atoms with Crippen molar-refractivity contribution in [1.29, 1.82) is 0 Å². The van der Waals surface area contributed by atoms with Crippen LogP contribution in [0.25, 0.3) is 0 Å². The van der Waals surface area contributed by atoms with Crippen LogP contribution in [0.1, 0.15) is 0 Å². The molecule has 0 heterocycles. The Morgan fingerprint density at radius 3 is 2.25 bits per heavy atom. The summed E-state index contributed by atoms with van der Waals surface area (Å²) in [4.78, 5) is 9.56. The number of aliphatic hydroxyl groups is 1. The first kappa shape index (κ1) is 10.7. The molecule has 0 aromatic rings. The van der Waals surface area contributed by atoms with Crippen LogP contribution in [-0.2, 0) is 4.79 Å². The van der Waals surface area contributed by atoms with Gasteiger partial charge in [0.25, 0.3) is 0 Å². The van der Waals surface area contributed by atoms with E-state index in [0.717, 1.165) is 12.2 Å². The second-order valence-electron chi connectivity index (χ2n) is 0.923. The van der Waals surface area contributed by atoms with Gasteiger partial charge in [0.15, 0.2) is 0 Å². The summed E-state index contributed by atoms with van der Waals surface area (Å²) in [6, 6.07) is 0. The number of aliphatic carboxylic acids is 1. The second-order valence-corrected chi connectivity index (χ2v) is 0.923. The number of hydrogen-bond donors (Lipinski definition) is 2. The average Bonchev–Trinajstić information content (AvgIpc) is 1.61. The van der Waals surface area contributed by atoms with E-state index in [4.69, 9.17) is 10.2 Å². The summed E-state index contributed by atoms with van der Waals surface area (Å²) in [6.07, 6.45) is 2.04. The van der Waals surface area contributed by atoms with E-state index in [1.165, 1.54) is 0 Å². The van der Waals surface area contributed by atoms with Crippen LogP contribution >= 0.6 is 0 Å². The van der Waals surface area contributed by atoms with Crippen LogP contribution in [0.4, 0.5) is 0 Å². The molecule has 0 fully saturated rings. The predicted molar refractivity (Wildman–Crippen MR) is 31.0 cm³/mol. The van der Waals surface area contributed by atoms with Crippen molar-refractivity contribution in [2.24, 2.45) is 0 Å². The normalized spacial score (nSPS) is 8.62. The molecule has 3 nitrogen and oxygen atoms in total. The number of carboxylic acid groups (broad SMARTS) is 1. The number of rotatable bonds is 2. The SMILES string of the molecule is O=C(O)C=CCO.[LiH]. The Hall–Kier alpha value is -0.233. The van der Waals surface area contributed by atoms with Crippen LogP contribution in [0.5, 0.6) is 0 Å². The van der Waals surface area contributed by atoms with Crippen LogP contribution in [0, 0.1) is 0 Å². The number of carbonyl (C=O) groups is 1. The van der Waals surface area contributed by atoms with E-state index < -0.39 is 5.97 Å². The molecule has 0 rings (SSSR count). The molecule has 0 aromatic carbocycles. The van der Waals surface area contributed by atoms with Crippen molar-refractivity contribution < 1.29 is 15.0 Å². The summed E-state index contributed by atoms with van der Waals surface area (Å²) < 4.78 is 0. The van der Waals surface area contributed by atoms with Crippen molar-refractivity contribution in [2.45, 2.75) is 0 Å². The van der Waals surface area contributed by atoms with Gasteiger partial charge in [0.2, 0.25) is 0 Å². The molecule has 4 heteroatoms. The fourth-order valence-corrected chi connectivity index (χ4v) is 0.154. The van der Waals surface area contributed by atoms with E-state index in [9.17, 15) is 4.79 Å². The van der Waals surface area contributed by atoms with E-state index in [0.29, 0.717) is 0 Å². The van der Waals surface area contributed by atoms with Crippen molar-refractivity contribution in [3.05, 3.63) is 12.2 Å². The number of hydrogen-bond acceptors (Lipinski definition) is 2. The molecule has 0 aliphatic heterocycles. The standard InChI is InChI=1S/C4H6O3.Li.H/c5-3-1-2-4(6)7;;/h1-2,5H,3H2,(H,6,7);;. The molecule has 0 aliphatic carbocycles. The minimum absolute atomic E-state index is 0. The van der Waals surface area contributed by atoms with Gasteiger partial charge in [-0.25, -0.2) is 4.79 Å². The first-order chi connectivity index (χ1) is 3.27. The summed E-state index contributed by atoms with van der Waals surface area (Å²) in [5.74, 6) is -1.03. The van der Waals surface area contributed by atoms with Gasteiger partial charge < -0.3 is 10.2 Å². The Morgan fingerprint density at radius 1 is 1.62 bits per heavy atom. The predicted octanol–water partition coefficient (Wildman–Crippen LogP) is -1.03. The van der Waals surface area contributed by atoms with E-state index in [-0.39, 0.29) is 25.5 Å².